The normalized spacial score (nSPS) is 15.7. The molecular formula is C24H24N2. The van der Waals surface area contributed by atoms with Crippen LogP contribution in [-0.4, -0.2) is 9.55 Å². The number of fused-ring (bicyclic) bond motifs is 2. The van der Waals surface area contributed by atoms with Crippen LogP contribution in [0.2, 0.25) is 0 Å². The number of hydrogen-bond acceptors (Lipinski definition) is 1. The number of hydrogen-bond donors (Lipinski definition) is 0. The Labute approximate surface area is 154 Å². The van der Waals surface area contributed by atoms with E-state index in [4.69, 9.17) is 0 Å². The van der Waals surface area contributed by atoms with Gasteiger partial charge in [0, 0.05) is 40.8 Å². The molecule has 130 valence electrons. The topological polar surface area (TPSA) is 17.8 Å². The van der Waals surface area contributed by atoms with Crippen LogP contribution in [0.1, 0.15) is 32.1 Å². The van der Waals surface area contributed by atoms with E-state index in [9.17, 15) is 0 Å². The number of benzene rings is 2. The van der Waals surface area contributed by atoms with Crippen molar-refractivity contribution in [1.29, 1.82) is 0 Å². The van der Waals surface area contributed by atoms with Gasteiger partial charge in [-0.3, -0.25) is 4.98 Å². The molecule has 1 fully saturated rings. The zero-order valence-corrected chi connectivity index (χ0v) is 15.1. The molecule has 2 aromatic carbocycles. The standard InChI is InChI=1S/C24H24N2/c1-2-8-18(9-3-1)17-26-23-13-7-5-10-19(23)14-24(26)22-16-25-15-20-11-4-6-12-21(20)22/h4-7,10-16,18H,1-3,8-9,17H2. The summed E-state index contributed by atoms with van der Waals surface area (Å²) in [6, 6.07) is 19.7. The van der Waals surface area contributed by atoms with Gasteiger partial charge in [0.05, 0.1) is 5.69 Å². The minimum Gasteiger partial charge on any atom is -0.340 e. The van der Waals surface area contributed by atoms with Crippen LogP contribution in [0.15, 0.2) is 67.0 Å². The zero-order valence-electron chi connectivity index (χ0n) is 15.1. The quantitative estimate of drug-likeness (QED) is 0.420. The van der Waals surface area contributed by atoms with Gasteiger partial charge in [0.15, 0.2) is 0 Å². The predicted molar refractivity (Wildman–Crippen MR) is 109 cm³/mol. The molecule has 26 heavy (non-hydrogen) atoms. The van der Waals surface area contributed by atoms with Gasteiger partial charge in [-0.05, 0) is 36.3 Å². The third-order valence-electron chi connectivity index (χ3n) is 5.92. The molecule has 2 aromatic heterocycles. The van der Waals surface area contributed by atoms with Crippen molar-refractivity contribution >= 4 is 21.7 Å². The molecule has 2 heteroatoms. The smallest absolute Gasteiger partial charge is 0.0513 e. The molecular weight excluding hydrogens is 316 g/mol. The minimum atomic E-state index is 0.793. The third-order valence-corrected chi connectivity index (χ3v) is 5.92. The van der Waals surface area contributed by atoms with Crippen molar-refractivity contribution in [3.05, 3.63) is 67.0 Å². The Morgan fingerprint density at radius 3 is 2.50 bits per heavy atom. The van der Waals surface area contributed by atoms with E-state index in [0.29, 0.717) is 0 Å². The first-order chi connectivity index (χ1) is 12.9. The first kappa shape index (κ1) is 15.6. The van der Waals surface area contributed by atoms with Crippen molar-refractivity contribution in [2.24, 2.45) is 5.92 Å². The molecule has 0 unspecified atom stereocenters. The summed E-state index contributed by atoms with van der Waals surface area (Å²) in [4.78, 5) is 4.53. The second-order valence-corrected chi connectivity index (χ2v) is 7.61. The lowest BCUT2D eigenvalue weighted by molar-refractivity contribution is 0.323. The molecule has 0 atom stereocenters. The van der Waals surface area contributed by atoms with Crippen LogP contribution < -0.4 is 0 Å². The van der Waals surface area contributed by atoms with E-state index >= 15 is 0 Å². The van der Waals surface area contributed by atoms with E-state index in [1.54, 1.807) is 0 Å². The summed E-state index contributed by atoms with van der Waals surface area (Å²) in [5.41, 5.74) is 3.90. The molecule has 0 aliphatic heterocycles. The van der Waals surface area contributed by atoms with Gasteiger partial charge in [-0.2, -0.15) is 0 Å². The second kappa shape index (κ2) is 6.60. The summed E-state index contributed by atoms with van der Waals surface area (Å²) in [5, 5.41) is 3.82. The average molecular weight is 340 g/mol. The van der Waals surface area contributed by atoms with Gasteiger partial charge in [0.2, 0.25) is 0 Å². The van der Waals surface area contributed by atoms with Crippen LogP contribution in [0.5, 0.6) is 0 Å². The van der Waals surface area contributed by atoms with Crippen molar-refractivity contribution in [3.63, 3.8) is 0 Å². The highest BCUT2D eigenvalue weighted by Crippen LogP contribution is 2.35. The third kappa shape index (κ3) is 2.70. The maximum Gasteiger partial charge on any atom is 0.0513 e. The molecule has 1 aliphatic rings. The van der Waals surface area contributed by atoms with Gasteiger partial charge < -0.3 is 4.57 Å². The number of aromatic nitrogens is 2. The van der Waals surface area contributed by atoms with E-state index in [-0.39, 0.29) is 0 Å². The maximum atomic E-state index is 4.53. The lowest BCUT2D eigenvalue weighted by Crippen LogP contribution is -2.14. The number of pyridine rings is 1. The van der Waals surface area contributed by atoms with Crippen LogP contribution in [0.4, 0.5) is 0 Å². The molecule has 1 saturated carbocycles. The molecule has 0 saturated heterocycles. The molecule has 1 aliphatic carbocycles. The Morgan fingerprint density at radius 1 is 0.846 bits per heavy atom. The van der Waals surface area contributed by atoms with Crippen LogP contribution in [0.25, 0.3) is 32.9 Å². The summed E-state index contributed by atoms with van der Waals surface area (Å²) in [6.07, 6.45) is 10.9. The SMILES string of the molecule is c1ccc2c(-c3cc4ccccc4n3CC3CCCCC3)cncc2c1. The van der Waals surface area contributed by atoms with Crippen LogP contribution in [0, 0.1) is 5.92 Å². The summed E-state index contributed by atoms with van der Waals surface area (Å²) in [7, 11) is 0. The Kier molecular flexibility index (Phi) is 3.97. The van der Waals surface area contributed by atoms with Crippen molar-refractivity contribution in [3.8, 4) is 11.3 Å². The Bertz CT molecular complexity index is 1050. The van der Waals surface area contributed by atoms with E-state index in [1.807, 2.05) is 12.4 Å². The molecule has 0 radical (unpaired) electrons. The molecule has 0 amide bonds. The highest BCUT2D eigenvalue weighted by molar-refractivity contribution is 5.98. The average Bonchev–Trinajstić information content (AvgIpc) is 3.07. The Balaban J connectivity index is 1.70. The summed E-state index contributed by atoms with van der Waals surface area (Å²) >= 11 is 0. The van der Waals surface area contributed by atoms with E-state index in [0.717, 1.165) is 12.5 Å². The Hall–Kier alpha value is -2.61. The minimum absolute atomic E-state index is 0.793. The Morgan fingerprint density at radius 2 is 1.62 bits per heavy atom. The lowest BCUT2D eigenvalue weighted by Gasteiger charge is -2.24. The van der Waals surface area contributed by atoms with Crippen LogP contribution in [0.3, 0.4) is 0 Å². The fourth-order valence-electron chi connectivity index (χ4n) is 4.58. The predicted octanol–water partition coefficient (Wildman–Crippen LogP) is 6.44. The second-order valence-electron chi connectivity index (χ2n) is 7.61. The van der Waals surface area contributed by atoms with Crippen LogP contribution in [-0.2, 0) is 6.54 Å². The van der Waals surface area contributed by atoms with Crippen molar-refractivity contribution < 1.29 is 0 Å². The van der Waals surface area contributed by atoms with E-state index < -0.39 is 0 Å². The molecule has 4 aromatic rings. The monoisotopic (exact) mass is 340 g/mol. The summed E-state index contributed by atoms with van der Waals surface area (Å²) in [5.74, 6) is 0.793. The first-order valence-corrected chi connectivity index (χ1v) is 9.81. The van der Waals surface area contributed by atoms with E-state index in [1.165, 1.54) is 65.0 Å². The summed E-state index contributed by atoms with van der Waals surface area (Å²) in [6.45, 7) is 1.12. The van der Waals surface area contributed by atoms with Crippen molar-refractivity contribution in [1.82, 2.24) is 9.55 Å². The lowest BCUT2D eigenvalue weighted by atomic mass is 9.89. The highest BCUT2D eigenvalue weighted by atomic mass is 15.0. The number of rotatable bonds is 3. The van der Waals surface area contributed by atoms with Gasteiger partial charge in [-0.15, -0.1) is 0 Å². The molecule has 0 N–H and O–H groups in total. The van der Waals surface area contributed by atoms with E-state index in [2.05, 4.69) is 64.1 Å². The largest absolute Gasteiger partial charge is 0.340 e. The fraction of sp³-hybridized carbons (Fsp3) is 0.292. The molecule has 2 heterocycles. The van der Waals surface area contributed by atoms with Gasteiger partial charge in [0.1, 0.15) is 0 Å². The van der Waals surface area contributed by atoms with Gasteiger partial charge in [0.25, 0.3) is 0 Å². The van der Waals surface area contributed by atoms with Crippen LogP contribution >= 0.6 is 0 Å². The summed E-state index contributed by atoms with van der Waals surface area (Å²) < 4.78 is 2.55. The zero-order chi connectivity index (χ0) is 17.3. The van der Waals surface area contributed by atoms with Crippen molar-refractivity contribution in [2.75, 3.05) is 0 Å². The van der Waals surface area contributed by atoms with Gasteiger partial charge in [-0.1, -0.05) is 61.7 Å². The first-order valence-electron chi connectivity index (χ1n) is 9.81. The number of para-hydroxylation sites is 1. The van der Waals surface area contributed by atoms with Crippen molar-refractivity contribution in [2.45, 2.75) is 38.6 Å². The molecule has 5 rings (SSSR count). The van der Waals surface area contributed by atoms with Gasteiger partial charge in [-0.25, -0.2) is 0 Å². The highest BCUT2D eigenvalue weighted by Gasteiger charge is 2.19. The molecule has 0 spiro atoms. The molecule has 2 nitrogen and oxygen atoms in total. The van der Waals surface area contributed by atoms with Gasteiger partial charge >= 0.3 is 0 Å². The maximum absolute atomic E-state index is 4.53. The number of nitrogens with zero attached hydrogens (tertiary/aromatic N) is 2. The molecule has 0 bridgehead atoms. The fourth-order valence-corrected chi connectivity index (χ4v) is 4.58.